The molecule has 1 heterocycles. The molecule has 5 nitrogen and oxygen atoms in total. The molecular weight excluding hydrogens is 290 g/mol. The summed E-state index contributed by atoms with van der Waals surface area (Å²) < 4.78 is 11.4. The molecule has 128 valence electrons. The summed E-state index contributed by atoms with van der Waals surface area (Å²) in [6.45, 7) is 5.89. The van der Waals surface area contributed by atoms with Gasteiger partial charge in [-0.15, -0.1) is 0 Å². The number of benzene rings is 1. The highest BCUT2D eigenvalue weighted by Crippen LogP contribution is 2.34. The van der Waals surface area contributed by atoms with Crippen LogP contribution in [-0.4, -0.2) is 32.8 Å². The third-order valence-corrected chi connectivity index (χ3v) is 4.04. The van der Waals surface area contributed by atoms with E-state index in [9.17, 15) is 0 Å². The Morgan fingerprint density at radius 2 is 2.17 bits per heavy atom. The van der Waals surface area contributed by atoms with Crippen molar-refractivity contribution in [2.24, 2.45) is 4.99 Å². The van der Waals surface area contributed by atoms with E-state index in [-0.39, 0.29) is 6.10 Å². The Hall–Kier alpha value is -1.91. The third kappa shape index (κ3) is 4.78. The summed E-state index contributed by atoms with van der Waals surface area (Å²) in [6, 6.07) is 4.17. The Kier molecular flexibility index (Phi) is 6.56. The van der Waals surface area contributed by atoms with Gasteiger partial charge in [-0.05, 0) is 25.5 Å². The highest BCUT2D eigenvalue weighted by molar-refractivity contribution is 5.79. The van der Waals surface area contributed by atoms with Crippen LogP contribution in [0.15, 0.2) is 17.1 Å². The molecule has 23 heavy (non-hydrogen) atoms. The van der Waals surface area contributed by atoms with Crippen LogP contribution in [0.2, 0.25) is 0 Å². The minimum absolute atomic E-state index is 0.242. The van der Waals surface area contributed by atoms with Crippen molar-refractivity contribution in [1.29, 1.82) is 0 Å². The molecule has 1 aromatic rings. The van der Waals surface area contributed by atoms with Gasteiger partial charge in [0.15, 0.2) is 5.96 Å². The lowest BCUT2D eigenvalue weighted by Crippen LogP contribution is -2.37. The summed E-state index contributed by atoms with van der Waals surface area (Å²) in [6.07, 6.45) is 4.80. The van der Waals surface area contributed by atoms with E-state index in [1.807, 2.05) is 0 Å². The molecule has 1 unspecified atom stereocenters. The van der Waals surface area contributed by atoms with E-state index in [1.165, 1.54) is 18.4 Å². The summed E-state index contributed by atoms with van der Waals surface area (Å²) in [4.78, 5) is 4.26. The Labute approximate surface area is 139 Å². The first-order chi connectivity index (χ1) is 11.2. The van der Waals surface area contributed by atoms with Gasteiger partial charge in [-0.25, -0.2) is 0 Å². The van der Waals surface area contributed by atoms with Crippen LogP contribution < -0.4 is 20.1 Å². The summed E-state index contributed by atoms with van der Waals surface area (Å²) in [7, 11) is 3.50. The van der Waals surface area contributed by atoms with Crippen LogP contribution in [0.1, 0.15) is 44.2 Å². The van der Waals surface area contributed by atoms with Crippen molar-refractivity contribution in [3.63, 3.8) is 0 Å². The maximum absolute atomic E-state index is 5.84. The van der Waals surface area contributed by atoms with E-state index >= 15 is 0 Å². The molecule has 2 N–H and O–H groups in total. The van der Waals surface area contributed by atoms with E-state index in [2.05, 4.69) is 41.6 Å². The molecule has 0 saturated carbocycles. The van der Waals surface area contributed by atoms with Gasteiger partial charge < -0.3 is 20.1 Å². The summed E-state index contributed by atoms with van der Waals surface area (Å²) in [5, 5.41) is 6.68. The molecular formula is C18H29N3O2. The first-order valence-corrected chi connectivity index (χ1v) is 8.48. The molecule has 1 aliphatic heterocycles. The zero-order chi connectivity index (χ0) is 16.7. The lowest BCUT2D eigenvalue weighted by Gasteiger charge is -2.15. The van der Waals surface area contributed by atoms with E-state index in [4.69, 9.17) is 9.47 Å². The van der Waals surface area contributed by atoms with Gasteiger partial charge in [-0.1, -0.05) is 19.8 Å². The van der Waals surface area contributed by atoms with Gasteiger partial charge in [-0.3, -0.25) is 4.99 Å². The van der Waals surface area contributed by atoms with E-state index in [0.717, 1.165) is 42.4 Å². The molecule has 0 bridgehead atoms. The fraction of sp³-hybridized carbons (Fsp3) is 0.611. The molecule has 0 aliphatic carbocycles. The van der Waals surface area contributed by atoms with Crippen LogP contribution in [0.3, 0.4) is 0 Å². The van der Waals surface area contributed by atoms with Crippen LogP contribution in [0.25, 0.3) is 0 Å². The van der Waals surface area contributed by atoms with Crippen LogP contribution in [-0.2, 0) is 13.0 Å². The minimum atomic E-state index is 0.242. The molecule has 0 fully saturated rings. The van der Waals surface area contributed by atoms with Crippen molar-refractivity contribution in [3.05, 3.63) is 23.3 Å². The number of aliphatic imine (C=N–C) groups is 1. The van der Waals surface area contributed by atoms with Crippen molar-refractivity contribution in [3.8, 4) is 11.5 Å². The Morgan fingerprint density at radius 3 is 2.87 bits per heavy atom. The van der Waals surface area contributed by atoms with Crippen molar-refractivity contribution in [1.82, 2.24) is 10.6 Å². The number of methoxy groups -OCH3 is 1. The number of hydrogen-bond donors (Lipinski definition) is 2. The number of nitrogens with one attached hydrogen (secondary N) is 2. The first-order valence-electron chi connectivity index (χ1n) is 8.48. The highest BCUT2D eigenvalue weighted by atomic mass is 16.5. The number of hydrogen-bond acceptors (Lipinski definition) is 3. The van der Waals surface area contributed by atoms with Crippen molar-refractivity contribution in [2.75, 3.05) is 20.7 Å². The normalized spacial score (nSPS) is 16.7. The van der Waals surface area contributed by atoms with Crippen LogP contribution in [0, 0.1) is 0 Å². The fourth-order valence-electron chi connectivity index (χ4n) is 2.79. The molecule has 2 rings (SSSR count). The number of fused-ring (bicyclic) bond motifs is 1. The first kappa shape index (κ1) is 17.4. The Morgan fingerprint density at radius 1 is 1.35 bits per heavy atom. The standard InChI is InChI=1S/C18H29N3O2/c1-5-6-7-8-20-18(19-3)21-12-15-11-17-14(9-13(2)23-17)10-16(15)22-4/h10-11,13H,5-9,12H2,1-4H3,(H2,19,20,21). The molecule has 0 spiro atoms. The second-order valence-electron chi connectivity index (χ2n) is 5.96. The second-order valence-corrected chi connectivity index (χ2v) is 5.96. The maximum atomic E-state index is 5.84. The number of rotatable bonds is 7. The SMILES string of the molecule is CCCCCNC(=NC)NCc1cc2c(cc1OC)CC(C)O2. The topological polar surface area (TPSA) is 54.9 Å². The quantitative estimate of drug-likeness (QED) is 0.461. The molecule has 0 amide bonds. The van der Waals surface area contributed by atoms with Gasteiger partial charge in [0.1, 0.15) is 17.6 Å². The van der Waals surface area contributed by atoms with Crippen LogP contribution >= 0.6 is 0 Å². The van der Waals surface area contributed by atoms with E-state index in [1.54, 1.807) is 14.2 Å². The Balaban J connectivity index is 1.95. The van der Waals surface area contributed by atoms with E-state index in [0.29, 0.717) is 6.54 Å². The maximum Gasteiger partial charge on any atom is 0.191 e. The molecule has 1 aromatic carbocycles. The molecule has 1 atom stereocenters. The average molecular weight is 319 g/mol. The summed E-state index contributed by atoms with van der Waals surface area (Å²) >= 11 is 0. The monoisotopic (exact) mass is 319 g/mol. The van der Waals surface area contributed by atoms with Gasteiger partial charge in [0.2, 0.25) is 0 Å². The fourth-order valence-corrected chi connectivity index (χ4v) is 2.79. The lowest BCUT2D eigenvalue weighted by molar-refractivity contribution is 0.254. The molecule has 0 aromatic heterocycles. The second kappa shape index (κ2) is 8.65. The lowest BCUT2D eigenvalue weighted by atomic mass is 10.1. The van der Waals surface area contributed by atoms with Gasteiger partial charge in [0.25, 0.3) is 0 Å². The van der Waals surface area contributed by atoms with Crippen LogP contribution in [0.5, 0.6) is 11.5 Å². The van der Waals surface area contributed by atoms with Gasteiger partial charge in [0.05, 0.1) is 7.11 Å². The summed E-state index contributed by atoms with van der Waals surface area (Å²) in [5.74, 6) is 2.69. The average Bonchev–Trinajstić information content (AvgIpc) is 2.92. The highest BCUT2D eigenvalue weighted by Gasteiger charge is 2.21. The van der Waals surface area contributed by atoms with Gasteiger partial charge in [0, 0.05) is 37.7 Å². The van der Waals surface area contributed by atoms with Crippen molar-refractivity contribution >= 4 is 5.96 Å². The molecule has 1 aliphatic rings. The molecule has 5 heteroatoms. The van der Waals surface area contributed by atoms with Crippen LogP contribution in [0.4, 0.5) is 0 Å². The zero-order valence-electron chi connectivity index (χ0n) is 14.7. The van der Waals surface area contributed by atoms with Crippen molar-refractivity contribution in [2.45, 2.75) is 52.2 Å². The largest absolute Gasteiger partial charge is 0.496 e. The van der Waals surface area contributed by atoms with E-state index < -0.39 is 0 Å². The Bertz CT molecular complexity index is 543. The number of guanidine groups is 1. The van der Waals surface area contributed by atoms with Gasteiger partial charge in [-0.2, -0.15) is 0 Å². The third-order valence-electron chi connectivity index (χ3n) is 4.04. The predicted molar refractivity (Wildman–Crippen MR) is 94.5 cm³/mol. The van der Waals surface area contributed by atoms with Gasteiger partial charge >= 0.3 is 0 Å². The number of nitrogens with zero attached hydrogens (tertiary/aromatic N) is 1. The smallest absolute Gasteiger partial charge is 0.191 e. The summed E-state index contributed by atoms with van der Waals surface area (Å²) in [5.41, 5.74) is 2.30. The molecule has 0 radical (unpaired) electrons. The number of ether oxygens (including phenoxy) is 2. The zero-order valence-corrected chi connectivity index (χ0v) is 14.7. The minimum Gasteiger partial charge on any atom is -0.496 e. The number of unbranched alkanes of at least 4 members (excludes halogenated alkanes) is 2. The predicted octanol–water partition coefficient (Wildman–Crippen LogP) is 2.87. The van der Waals surface area contributed by atoms with Crippen molar-refractivity contribution < 1.29 is 9.47 Å². The molecule has 0 saturated heterocycles.